The number of hydrogen-bond donors (Lipinski definition) is 1. The second-order valence-electron chi connectivity index (χ2n) is 8.53. The fourth-order valence-corrected chi connectivity index (χ4v) is 4.12. The Morgan fingerprint density at radius 3 is 2.15 bits per heavy atom. The number of hydrogen-bond acceptors (Lipinski definition) is 4. The van der Waals surface area contributed by atoms with Crippen molar-refractivity contribution in [2.45, 2.75) is 32.5 Å². The van der Waals surface area contributed by atoms with Crippen LogP contribution in [0, 0.1) is 5.92 Å². The summed E-state index contributed by atoms with van der Waals surface area (Å²) in [5, 5.41) is 3.09. The molecule has 0 spiro atoms. The zero-order chi connectivity index (χ0) is 22.9. The molecule has 0 aliphatic carbocycles. The predicted octanol–water partition coefficient (Wildman–Crippen LogP) is 4.80. The van der Waals surface area contributed by atoms with Gasteiger partial charge in [0.15, 0.2) is 0 Å². The van der Waals surface area contributed by atoms with Gasteiger partial charge < -0.3 is 14.8 Å². The Kier molecular flexibility index (Phi) is 7.99. The van der Waals surface area contributed by atoms with E-state index in [4.69, 9.17) is 9.47 Å². The third-order valence-electron chi connectivity index (χ3n) is 6.16. The molecule has 0 atom stereocenters. The second kappa shape index (κ2) is 11.5. The van der Waals surface area contributed by atoms with Crippen LogP contribution in [0.15, 0.2) is 78.9 Å². The molecule has 5 nitrogen and oxygen atoms in total. The van der Waals surface area contributed by atoms with Gasteiger partial charge in [0.25, 0.3) is 0 Å². The summed E-state index contributed by atoms with van der Waals surface area (Å²) in [5.41, 5.74) is 3.51. The van der Waals surface area contributed by atoms with Crippen molar-refractivity contribution >= 4 is 5.91 Å². The van der Waals surface area contributed by atoms with E-state index in [0.717, 1.165) is 55.1 Å². The standard InChI is InChI=1S/C28H32N2O3/c1-32-26-11-7-22(8-12-26)19-29-28(31)25-15-17-30(18-16-25)20-23-9-13-27(14-10-23)33-21-24-5-3-2-4-6-24/h2-14,25H,15-21H2,1H3,(H,29,31). The predicted molar refractivity (Wildman–Crippen MR) is 130 cm³/mol. The maximum atomic E-state index is 12.6. The van der Waals surface area contributed by atoms with E-state index in [1.807, 2.05) is 54.6 Å². The lowest BCUT2D eigenvalue weighted by molar-refractivity contribution is -0.126. The molecule has 1 fully saturated rings. The van der Waals surface area contributed by atoms with Crippen LogP contribution in [0.25, 0.3) is 0 Å². The van der Waals surface area contributed by atoms with E-state index in [1.165, 1.54) is 5.56 Å². The van der Waals surface area contributed by atoms with Gasteiger partial charge in [0.1, 0.15) is 18.1 Å². The highest BCUT2D eigenvalue weighted by Gasteiger charge is 2.24. The Labute approximate surface area is 196 Å². The van der Waals surface area contributed by atoms with Gasteiger partial charge in [-0.1, -0.05) is 54.6 Å². The molecule has 1 heterocycles. The Balaban J connectivity index is 1.17. The maximum Gasteiger partial charge on any atom is 0.223 e. The van der Waals surface area contributed by atoms with Gasteiger partial charge in [0.2, 0.25) is 5.91 Å². The highest BCUT2D eigenvalue weighted by molar-refractivity contribution is 5.78. The van der Waals surface area contributed by atoms with Crippen molar-refractivity contribution in [3.8, 4) is 11.5 Å². The van der Waals surface area contributed by atoms with E-state index in [-0.39, 0.29) is 11.8 Å². The van der Waals surface area contributed by atoms with Gasteiger partial charge in [-0.25, -0.2) is 0 Å². The van der Waals surface area contributed by atoms with Gasteiger partial charge in [-0.05, 0) is 66.9 Å². The third kappa shape index (κ3) is 6.83. The minimum Gasteiger partial charge on any atom is -0.497 e. The number of ether oxygens (including phenoxy) is 2. The fraction of sp³-hybridized carbons (Fsp3) is 0.321. The van der Waals surface area contributed by atoms with Crippen LogP contribution < -0.4 is 14.8 Å². The average molecular weight is 445 g/mol. The van der Waals surface area contributed by atoms with Crippen molar-refractivity contribution in [2.24, 2.45) is 5.92 Å². The molecule has 1 amide bonds. The van der Waals surface area contributed by atoms with Gasteiger partial charge in [-0.3, -0.25) is 9.69 Å². The monoisotopic (exact) mass is 444 g/mol. The summed E-state index contributed by atoms with van der Waals surface area (Å²) < 4.78 is 11.1. The van der Waals surface area contributed by atoms with Gasteiger partial charge in [-0.15, -0.1) is 0 Å². The quantitative estimate of drug-likeness (QED) is 0.515. The second-order valence-corrected chi connectivity index (χ2v) is 8.53. The largest absolute Gasteiger partial charge is 0.497 e. The SMILES string of the molecule is COc1ccc(CNC(=O)C2CCN(Cc3ccc(OCc4ccccc4)cc3)CC2)cc1. The number of amides is 1. The minimum atomic E-state index is 0.0910. The van der Waals surface area contributed by atoms with Crippen LogP contribution in [0.5, 0.6) is 11.5 Å². The van der Waals surface area contributed by atoms with Crippen LogP contribution >= 0.6 is 0 Å². The number of likely N-dealkylation sites (tertiary alicyclic amines) is 1. The first-order chi connectivity index (χ1) is 16.2. The molecule has 5 heteroatoms. The minimum absolute atomic E-state index is 0.0910. The van der Waals surface area contributed by atoms with E-state index in [0.29, 0.717) is 13.2 Å². The summed E-state index contributed by atoms with van der Waals surface area (Å²) in [6, 6.07) is 26.3. The van der Waals surface area contributed by atoms with E-state index in [2.05, 4.69) is 34.5 Å². The summed E-state index contributed by atoms with van der Waals surface area (Å²) in [4.78, 5) is 15.0. The Morgan fingerprint density at radius 1 is 0.848 bits per heavy atom. The third-order valence-corrected chi connectivity index (χ3v) is 6.16. The van der Waals surface area contributed by atoms with Crippen molar-refractivity contribution in [2.75, 3.05) is 20.2 Å². The van der Waals surface area contributed by atoms with Crippen LogP contribution in [0.2, 0.25) is 0 Å². The van der Waals surface area contributed by atoms with Gasteiger partial charge >= 0.3 is 0 Å². The lowest BCUT2D eigenvalue weighted by atomic mass is 9.95. The van der Waals surface area contributed by atoms with Crippen LogP contribution in [0.4, 0.5) is 0 Å². The van der Waals surface area contributed by atoms with E-state index in [1.54, 1.807) is 7.11 Å². The van der Waals surface area contributed by atoms with Crippen molar-refractivity contribution < 1.29 is 14.3 Å². The number of carbonyl (C=O) groups excluding carboxylic acids is 1. The van der Waals surface area contributed by atoms with Crippen LogP contribution in [-0.4, -0.2) is 31.0 Å². The maximum absolute atomic E-state index is 12.6. The van der Waals surface area contributed by atoms with Gasteiger partial charge in [0, 0.05) is 19.0 Å². The Morgan fingerprint density at radius 2 is 1.48 bits per heavy atom. The highest BCUT2D eigenvalue weighted by Crippen LogP contribution is 2.21. The zero-order valence-electron chi connectivity index (χ0n) is 19.2. The molecule has 0 aromatic heterocycles. The first-order valence-corrected chi connectivity index (χ1v) is 11.6. The number of nitrogens with one attached hydrogen (secondary N) is 1. The number of rotatable bonds is 9. The summed E-state index contributed by atoms with van der Waals surface area (Å²) >= 11 is 0. The normalized spacial score (nSPS) is 14.6. The molecule has 3 aromatic rings. The molecular weight excluding hydrogens is 412 g/mol. The average Bonchev–Trinajstić information content (AvgIpc) is 2.88. The van der Waals surface area contributed by atoms with E-state index in [9.17, 15) is 4.79 Å². The van der Waals surface area contributed by atoms with Crippen LogP contribution in [0.1, 0.15) is 29.5 Å². The zero-order valence-corrected chi connectivity index (χ0v) is 19.2. The molecular formula is C28H32N2O3. The van der Waals surface area contributed by atoms with Crippen molar-refractivity contribution in [1.82, 2.24) is 10.2 Å². The Hall–Kier alpha value is -3.31. The molecule has 3 aromatic carbocycles. The summed E-state index contributed by atoms with van der Waals surface area (Å²) in [6.45, 7) is 3.91. The molecule has 0 saturated carbocycles. The molecule has 172 valence electrons. The summed E-state index contributed by atoms with van der Waals surface area (Å²) in [6.07, 6.45) is 1.79. The number of methoxy groups -OCH3 is 1. The van der Waals surface area contributed by atoms with Crippen molar-refractivity contribution in [3.63, 3.8) is 0 Å². The molecule has 4 rings (SSSR count). The van der Waals surface area contributed by atoms with E-state index >= 15 is 0 Å². The molecule has 1 aliphatic rings. The summed E-state index contributed by atoms with van der Waals surface area (Å²) in [5.74, 6) is 1.96. The topological polar surface area (TPSA) is 50.8 Å². The lowest BCUT2D eigenvalue weighted by Gasteiger charge is -2.31. The molecule has 1 aliphatic heterocycles. The molecule has 1 saturated heterocycles. The molecule has 0 radical (unpaired) electrons. The van der Waals surface area contributed by atoms with E-state index < -0.39 is 0 Å². The van der Waals surface area contributed by atoms with Gasteiger partial charge in [0.05, 0.1) is 7.11 Å². The first-order valence-electron chi connectivity index (χ1n) is 11.6. The summed E-state index contributed by atoms with van der Waals surface area (Å²) in [7, 11) is 1.65. The lowest BCUT2D eigenvalue weighted by Crippen LogP contribution is -2.40. The number of carbonyl (C=O) groups is 1. The Bertz CT molecular complexity index is 996. The molecule has 0 unspecified atom stereocenters. The van der Waals surface area contributed by atoms with Crippen molar-refractivity contribution in [1.29, 1.82) is 0 Å². The highest BCUT2D eigenvalue weighted by atomic mass is 16.5. The first kappa shape index (κ1) is 22.9. The van der Waals surface area contributed by atoms with Crippen LogP contribution in [-0.2, 0) is 24.5 Å². The van der Waals surface area contributed by atoms with Crippen molar-refractivity contribution in [3.05, 3.63) is 95.6 Å². The molecule has 1 N–H and O–H groups in total. The van der Waals surface area contributed by atoms with Crippen LogP contribution in [0.3, 0.4) is 0 Å². The molecule has 0 bridgehead atoms. The number of piperidine rings is 1. The van der Waals surface area contributed by atoms with Gasteiger partial charge in [-0.2, -0.15) is 0 Å². The number of nitrogens with zero attached hydrogens (tertiary/aromatic N) is 1. The smallest absolute Gasteiger partial charge is 0.223 e. The fourth-order valence-electron chi connectivity index (χ4n) is 4.12. The number of benzene rings is 3. The molecule has 33 heavy (non-hydrogen) atoms.